The zero-order chi connectivity index (χ0) is 13.9. The summed E-state index contributed by atoms with van der Waals surface area (Å²) in [5.41, 5.74) is 1.42. The molecule has 1 aromatic rings. The standard InChI is InChI=1S/C17H27NO/c1-3-18(4-2)17(19)15-11-6-5-8-12-16-13-9-7-10-14-16/h7,9-10,13-14H,3-6,8,11-12,15H2,1-2H3. The number of hydrogen-bond donors (Lipinski definition) is 0. The first kappa shape index (κ1) is 15.7. The second-order valence-electron chi connectivity index (χ2n) is 4.97. The minimum absolute atomic E-state index is 0.313. The molecule has 1 aromatic carbocycles. The van der Waals surface area contributed by atoms with Gasteiger partial charge in [0.2, 0.25) is 5.91 Å². The van der Waals surface area contributed by atoms with E-state index in [1.807, 2.05) is 18.7 Å². The molecule has 0 aliphatic heterocycles. The van der Waals surface area contributed by atoms with Crippen LogP contribution in [-0.4, -0.2) is 23.9 Å². The highest BCUT2D eigenvalue weighted by atomic mass is 16.2. The van der Waals surface area contributed by atoms with Crippen LogP contribution in [0.1, 0.15) is 51.5 Å². The van der Waals surface area contributed by atoms with Gasteiger partial charge >= 0.3 is 0 Å². The Morgan fingerprint density at radius 1 is 0.947 bits per heavy atom. The molecular formula is C17H27NO. The Morgan fingerprint density at radius 2 is 1.58 bits per heavy atom. The van der Waals surface area contributed by atoms with Crippen molar-refractivity contribution < 1.29 is 4.79 Å². The lowest BCUT2D eigenvalue weighted by Crippen LogP contribution is -2.30. The number of hydrogen-bond acceptors (Lipinski definition) is 1. The van der Waals surface area contributed by atoms with E-state index in [0.717, 1.165) is 25.9 Å². The van der Waals surface area contributed by atoms with Gasteiger partial charge in [0.25, 0.3) is 0 Å². The van der Waals surface area contributed by atoms with Gasteiger partial charge in [0.1, 0.15) is 0 Å². The smallest absolute Gasteiger partial charge is 0.222 e. The third-order valence-electron chi connectivity index (χ3n) is 3.57. The Morgan fingerprint density at radius 3 is 2.21 bits per heavy atom. The lowest BCUT2D eigenvalue weighted by atomic mass is 10.1. The molecule has 0 N–H and O–H groups in total. The van der Waals surface area contributed by atoms with Crippen molar-refractivity contribution in [2.75, 3.05) is 13.1 Å². The van der Waals surface area contributed by atoms with Crippen LogP contribution < -0.4 is 0 Å². The Bertz CT molecular complexity index is 344. The summed E-state index contributed by atoms with van der Waals surface area (Å²) in [6.45, 7) is 5.76. The summed E-state index contributed by atoms with van der Waals surface area (Å²) >= 11 is 0. The summed E-state index contributed by atoms with van der Waals surface area (Å²) in [5, 5.41) is 0. The van der Waals surface area contributed by atoms with Gasteiger partial charge in [0.05, 0.1) is 0 Å². The molecule has 0 saturated heterocycles. The Hall–Kier alpha value is -1.31. The SMILES string of the molecule is CCN(CC)C(=O)CCCCCCc1ccccc1. The molecule has 0 fully saturated rings. The van der Waals surface area contributed by atoms with Crippen molar-refractivity contribution in [3.05, 3.63) is 35.9 Å². The largest absolute Gasteiger partial charge is 0.343 e. The van der Waals surface area contributed by atoms with Gasteiger partial charge in [-0.1, -0.05) is 43.2 Å². The first-order chi connectivity index (χ1) is 9.27. The van der Waals surface area contributed by atoms with Gasteiger partial charge < -0.3 is 4.90 Å². The van der Waals surface area contributed by atoms with Gasteiger partial charge in [0.15, 0.2) is 0 Å². The molecule has 0 atom stereocenters. The third kappa shape index (κ3) is 6.42. The summed E-state index contributed by atoms with van der Waals surface area (Å²) in [6.07, 6.45) is 6.52. The van der Waals surface area contributed by atoms with Crippen LogP contribution in [0.4, 0.5) is 0 Å². The third-order valence-corrected chi connectivity index (χ3v) is 3.57. The van der Waals surface area contributed by atoms with Gasteiger partial charge in [-0.2, -0.15) is 0 Å². The molecule has 0 unspecified atom stereocenters. The van der Waals surface area contributed by atoms with Crippen molar-refractivity contribution in [1.29, 1.82) is 0 Å². The molecule has 2 heteroatoms. The summed E-state index contributed by atoms with van der Waals surface area (Å²) < 4.78 is 0. The van der Waals surface area contributed by atoms with Crippen LogP contribution in [0.2, 0.25) is 0 Å². The van der Waals surface area contributed by atoms with E-state index in [-0.39, 0.29) is 0 Å². The van der Waals surface area contributed by atoms with Gasteiger partial charge in [-0.25, -0.2) is 0 Å². The monoisotopic (exact) mass is 261 g/mol. The molecule has 0 aromatic heterocycles. The molecule has 19 heavy (non-hydrogen) atoms. The van der Waals surface area contributed by atoms with Gasteiger partial charge in [-0.3, -0.25) is 4.79 Å². The number of amides is 1. The van der Waals surface area contributed by atoms with Crippen molar-refractivity contribution in [3.8, 4) is 0 Å². The number of carbonyl (C=O) groups is 1. The maximum Gasteiger partial charge on any atom is 0.222 e. The van der Waals surface area contributed by atoms with Crippen LogP contribution in [-0.2, 0) is 11.2 Å². The number of nitrogens with zero attached hydrogens (tertiary/aromatic N) is 1. The minimum atomic E-state index is 0.313. The van der Waals surface area contributed by atoms with Crippen molar-refractivity contribution >= 4 is 5.91 Å². The van der Waals surface area contributed by atoms with Crippen LogP contribution in [0.3, 0.4) is 0 Å². The highest BCUT2D eigenvalue weighted by Crippen LogP contribution is 2.09. The number of rotatable bonds is 9. The van der Waals surface area contributed by atoms with Crippen LogP contribution in [0.25, 0.3) is 0 Å². The Balaban J connectivity index is 2.04. The Kier molecular flexibility index (Phi) is 7.95. The molecule has 2 nitrogen and oxygen atoms in total. The van der Waals surface area contributed by atoms with Gasteiger partial charge in [-0.15, -0.1) is 0 Å². The zero-order valence-corrected chi connectivity index (χ0v) is 12.4. The zero-order valence-electron chi connectivity index (χ0n) is 12.4. The molecule has 0 aliphatic rings. The average Bonchev–Trinajstić information content (AvgIpc) is 2.45. The molecule has 0 spiro atoms. The average molecular weight is 261 g/mol. The normalized spacial score (nSPS) is 10.4. The lowest BCUT2D eigenvalue weighted by molar-refractivity contribution is -0.130. The number of benzene rings is 1. The molecule has 0 bridgehead atoms. The number of aryl methyl sites for hydroxylation is 1. The van der Waals surface area contributed by atoms with Gasteiger partial charge in [0, 0.05) is 19.5 Å². The van der Waals surface area contributed by atoms with E-state index >= 15 is 0 Å². The van der Waals surface area contributed by atoms with Crippen LogP contribution in [0.5, 0.6) is 0 Å². The first-order valence-corrected chi connectivity index (χ1v) is 7.59. The predicted molar refractivity (Wildman–Crippen MR) is 81.2 cm³/mol. The van der Waals surface area contributed by atoms with Gasteiger partial charge in [-0.05, 0) is 38.7 Å². The fourth-order valence-corrected chi connectivity index (χ4v) is 2.34. The molecule has 0 heterocycles. The summed E-state index contributed by atoms with van der Waals surface area (Å²) in [6, 6.07) is 10.6. The molecular weight excluding hydrogens is 234 g/mol. The van der Waals surface area contributed by atoms with E-state index in [4.69, 9.17) is 0 Å². The maximum absolute atomic E-state index is 11.8. The molecule has 1 amide bonds. The summed E-state index contributed by atoms with van der Waals surface area (Å²) in [7, 11) is 0. The van der Waals surface area contributed by atoms with Crippen molar-refractivity contribution in [2.24, 2.45) is 0 Å². The van der Waals surface area contributed by atoms with E-state index < -0.39 is 0 Å². The molecule has 0 radical (unpaired) electrons. The van der Waals surface area contributed by atoms with E-state index in [1.165, 1.54) is 24.8 Å². The van der Waals surface area contributed by atoms with E-state index in [9.17, 15) is 4.79 Å². The molecule has 0 saturated carbocycles. The summed E-state index contributed by atoms with van der Waals surface area (Å²) in [5.74, 6) is 0.313. The van der Waals surface area contributed by atoms with Crippen molar-refractivity contribution in [2.45, 2.75) is 52.4 Å². The van der Waals surface area contributed by atoms with Crippen LogP contribution in [0, 0.1) is 0 Å². The second-order valence-corrected chi connectivity index (χ2v) is 4.97. The van der Waals surface area contributed by atoms with E-state index in [2.05, 4.69) is 30.3 Å². The van der Waals surface area contributed by atoms with Crippen LogP contribution >= 0.6 is 0 Å². The second kappa shape index (κ2) is 9.60. The van der Waals surface area contributed by atoms with Crippen molar-refractivity contribution in [3.63, 3.8) is 0 Å². The summed E-state index contributed by atoms with van der Waals surface area (Å²) in [4.78, 5) is 13.7. The molecule has 0 aliphatic carbocycles. The predicted octanol–water partition coefficient (Wildman–Crippen LogP) is 4.05. The van der Waals surface area contributed by atoms with Crippen molar-refractivity contribution in [1.82, 2.24) is 4.90 Å². The topological polar surface area (TPSA) is 20.3 Å². The highest BCUT2D eigenvalue weighted by molar-refractivity contribution is 5.75. The van der Waals surface area contributed by atoms with Crippen LogP contribution in [0.15, 0.2) is 30.3 Å². The molecule has 1 rings (SSSR count). The number of unbranched alkanes of at least 4 members (excludes halogenated alkanes) is 3. The fraction of sp³-hybridized carbons (Fsp3) is 0.588. The van der Waals surface area contributed by atoms with E-state index in [0.29, 0.717) is 12.3 Å². The first-order valence-electron chi connectivity index (χ1n) is 7.59. The van der Waals surface area contributed by atoms with E-state index in [1.54, 1.807) is 0 Å². The lowest BCUT2D eigenvalue weighted by Gasteiger charge is -2.18. The Labute approximate surface area is 117 Å². The quantitative estimate of drug-likeness (QED) is 0.614. The highest BCUT2D eigenvalue weighted by Gasteiger charge is 2.07. The minimum Gasteiger partial charge on any atom is -0.343 e. The number of carbonyl (C=O) groups excluding carboxylic acids is 1. The fourth-order valence-electron chi connectivity index (χ4n) is 2.34. The molecule has 106 valence electrons. The maximum atomic E-state index is 11.8.